The summed E-state index contributed by atoms with van der Waals surface area (Å²) in [6.07, 6.45) is 5.82. The van der Waals surface area contributed by atoms with E-state index >= 15 is 0 Å². The Balaban J connectivity index is 1.59. The zero-order valence-corrected chi connectivity index (χ0v) is 18.4. The Morgan fingerprint density at radius 3 is 2.64 bits per heavy atom. The minimum atomic E-state index is -0.821. The molecule has 0 unspecified atom stereocenters. The van der Waals surface area contributed by atoms with Crippen LogP contribution in [0.3, 0.4) is 0 Å². The maximum absolute atomic E-state index is 14.4. The normalized spacial score (nSPS) is 10.7. The number of carbonyl (C=O) groups excluding carboxylic acids is 1. The van der Waals surface area contributed by atoms with Crippen molar-refractivity contribution in [3.05, 3.63) is 53.6 Å². The molecule has 12 heteroatoms. The van der Waals surface area contributed by atoms with E-state index in [4.69, 9.17) is 14.6 Å². The summed E-state index contributed by atoms with van der Waals surface area (Å²) in [5.41, 5.74) is 0.544. The third-order valence-electron chi connectivity index (χ3n) is 4.72. The van der Waals surface area contributed by atoms with Crippen molar-refractivity contribution in [2.24, 2.45) is 0 Å². The lowest BCUT2D eigenvalue weighted by molar-refractivity contribution is -0.131. The lowest BCUT2D eigenvalue weighted by Gasteiger charge is -2.15. The molecule has 1 amide bonds. The van der Waals surface area contributed by atoms with Gasteiger partial charge >= 0.3 is 0 Å². The van der Waals surface area contributed by atoms with E-state index < -0.39 is 11.6 Å². The molecule has 0 aliphatic rings. The van der Waals surface area contributed by atoms with E-state index in [0.29, 0.717) is 5.69 Å². The van der Waals surface area contributed by atoms with Gasteiger partial charge in [-0.2, -0.15) is 5.10 Å². The molecular weight excluding hydrogens is 438 g/mol. The summed E-state index contributed by atoms with van der Waals surface area (Å²) in [4.78, 5) is 21.6. The molecule has 0 saturated heterocycles. The molecule has 0 radical (unpaired) electrons. The molecule has 2 N–H and O–H groups in total. The summed E-state index contributed by atoms with van der Waals surface area (Å²) < 4.78 is 40.5. The third-order valence-corrected chi connectivity index (χ3v) is 4.72. The highest BCUT2D eigenvalue weighted by atomic mass is 19.1. The van der Waals surface area contributed by atoms with Crippen LogP contribution in [0.15, 0.2) is 30.9 Å². The molecule has 0 bridgehead atoms. The van der Waals surface area contributed by atoms with Crippen molar-refractivity contribution in [3.63, 3.8) is 0 Å². The number of aliphatic hydroxyl groups excluding tert-OH is 1. The van der Waals surface area contributed by atoms with Gasteiger partial charge in [-0.15, -0.1) is 0 Å². The number of rotatable bonds is 10. The quantitative estimate of drug-likeness (QED) is 0.471. The van der Waals surface area contributed by atoms with Gasteiger partial charge in [0.2, 0.25) is 11.9 Å². The highest BCUT2D eigenvalue weighted by Gasteiger charge is 2.18. The number of nitrogens with one attached hydrogen (secondary N) is 1. The predicted molar refractivity (Wildman–Crippen MR) is 114 cm³/mol. The van der Waals surface area contributed by atoms with E-state index in [1.165, 1.54) is 48.3 Å². The summed E-state index contributed by atoms with van der Waals surface area (Å²) >= 11 is 0. The zero-order chi connectivity index (χ0) is 24.0. The average molecular weight is 462 g/mol. The molecule has 1 aromatic carbocycles. The van der Waals surface area contributed by atoms with Crippen molar-refractivity contribution >= 4 is 17.5 Å². The molecule has 3 aromatic rings. The van der Waals surface area contributed by atoms with E-state index in [1.807, 2.05) is 0 Å². The fraction of sp³-hybridized carbons (Fsp3) is 0.333. The fourth-order valence-electron chi connectivity index (χ4n) is 2.87. The first-order chi connectivity index (χ1) is 15.8. The second kappa shape index (κ2) is 10.7. The number of methoxy groups -OCH3 is 1. The number of likely N-dealkylation sites (N-methyl/N-ethyl adjacent to an activating group) is 1. The van der Waals surface area contributed by atoms with Gasteiger partial charge in [-0.3, -0.25) is 9.48 Å². The number of aromatic nitrogens is 4. The largest absolute Gasteiger partial charge is 0.494 e. The average Bonchev–Trinajstić information content (AvgIpc) is 3.24. The van der Waals surface area contributed by atoms with Crippen LogP contribution in [0.25, 0.3) is 0 Å². The van der Waals surface area contributed by atoms with E-state index in [2.05, 4.69) is 20.4 Å². The van der Waals surface area contributed by atoms with Crippen molar-refractivity contribution in [2.75, 3.05) is 32.6 Å². The number of benzene rings is 1. The van der Waals surface area contributed by atoms with Crippen molar-refractivity contribution in [1.82, 2.24) is 24.6 Å². The molecule has 0 fully saturated rings. The number of carbonyl (C=O) groups is 1. The van der Waals surface area contributed by atoms with Gasteiger partial charge in [-0.25, -0.2) is 18.7 Å². The maximum Gasteiger partial charge on any atom is 0.244 e. The maximum atomic E-state index is 14.4. The molecule has 33 heavy (non-hydrogen) atoms. The summed E-state index contributed by atoms with van der Waals surface area (Å²) in [6.45, 7) is 1.29. The second-order valence-electron chi connectivity index (χ2n) is 7.12. The number of aryl methyl sites for hydroxylation is 1. The Kier molecular flexibility index (Phi) is 7.72. The molecule has 0 spiro atoms. The molecule has 176 valence electrons. The minimum absolute atomic E-state index is 0.0165. The molecule has 2 aromatic heterocycles. The van der Waals surface area contributed by atoms with E-state index in [9.17, 15) is 13.6 Å². The number of nitrogens with zero attached hydrogens (tertiary/aromatic N) is 5. The molecule has 2 heterocycles. The standard InChI is InChI=1S/C21H24F2N6O4/c1-13-6-17(32-3)20(23)16(19(13)22)12-33-15-8-24-21(25-9-15)27-14-7-26-29(10-14)11-18(31)28(2)4-5-30/h6-10,30H,4-5,11-12H2,1-3H3,(H,24,25,27). The van der Waals surface area contributed by atoms with Gasteiger partial charge in [0.15, 0.2) is 17.3 Å². The Hall–Kier alpha value is -3.80. The highest BCUT2D eigenvalue weighted by Crippen LogP contribution is 2.27. The molecule has 0 aliphatic carbocycles. The number of hydrogen-bond donors (Lipinski definition) is 2. The van der Waals surface area contributed by atoms with E-state index in [-0.39, 0.29) is 60.8 Å². The zero-order valence-electron chi connectivity index (χ0n) is 18.4. The van der Waals surface area contributed by atoms with Gasteiger partial charge in [-0.1, -0.05) is 0 Å². The van der Waals surface area contributed by atoms with Crippen molar-refractivity contribution in [3.8, 4) is 11.5 Å². The smallest absolute Gasteiger partial charge is 0.244 e. The first-order valence-electron chi connectivity index (χ1n) is 9.93. The Morgan fingerprint density at radius 2 is 1.97 bits per heavy atom. The lowest BCUT2D eigenvalue weighted by atomic mass is 10.1. The number of amides is 1. The Bertz CT molecular complexity index is 1110. The van der Waals surface area contributed by atoms with Crippen LogP contribution in [0.1, 0.15) is 11.1 Å². The molecule has 3 rings (SSSR count). The van der Waals surface area contributed by atoms with Gasteiger partial charge in [0, 0.05) is 19.8 Å². The Morgan fingerprint density at radius 1 is 1.24 bits per heavy atom. The van der Waals surface area contributed by atoms with Crippen LogP contribution in [-0.4, -0.2) is 63.0 Å². The minimum Gasteiger partial charge on any atom is -0.494 e. The van der Waals surface area contributed by atoms with Crippen LogP contribution in [0.4, 0.5) is 20.4 Å². The van der Waals surface area contributed by atoms with Crippen LogP contribution < -0.4 is 14.8 Å². The SMILES string of the molecule is COc1cc(C)c(F)c(COc2cnc(Nc3cnn(CC(=O)N(C)CCO)c3)nc2)c1F. The van der Waals surface area contributed by atoms with E-state index in [1.54, 1.807) is 13.2 Å². The summed E-state index contributed by atoms with van der Waals surface area (Å²) in [7, 11) is 2.90. The van der Waals surface area contributed by atoms with Crippen molar-refractivity contribution in [2.45, 2.75) is 20.1 Å². The first kappa shape index (κ1) is 23.9. The summed E-state index contributed by atoms with van der Waals surface area (Å²) in [5, 5.41) is 15.9. The number of anilines is 2. The predicted octanol–water partition coefficient (Wildman–Crippen LogP) is 2.04. The van der Waals surface area contributed by atoms with Gasteiger partial charge in [0.25, 0.3) is 0 Å². The first-order valence-corrected chi connectivity index (χ1v) is 9.93. The lowest BCUT2D eigenvalue weighted by Crippen LogP contribution is -2.32. The molecule has 10 nitrogen and oxygen atoms in total. The van der Waals surface area contributed by atoms with Crippen LogP contribution in [0, 0.1) is 18.6 Å². The number of aliphatic hydroxyl groups is 1. The monoisotopic (exact) mass is 462 g/mol. The van der Waals surface area contributed by atoms with Gasteiger partial charge in [0.1, 0.15) is 19.0 Å². The molecule has 0 saturated carbocycles. The van der Waals surface area contributed by atoms with E-state index in [0.717, 1.165) is 0 Å². The molecule has 0 aliphatic heterocycles. The van der Waals surface area contributed by atoms with Crippen LogP contribution >= 0.6 is 0 Å². The summed E-state index contributed by atoms with van der Waals surface area (Å²) in [5.74, 6) is -1.34. The van der Waals surface area contributed by atoms with Crippen LogP contribution in [-0.2, 0) is 17.9 Å². The number of halogens is 2. The third kappa shape index (κ3) is 5.92. The van der Waals surface area contributed by atoms with Gasteiger partial charge in [0.05, 0.1) is 43.6 Å². The molecule has 0 atom stereocenters. The van der Waals surface area contributed by atoms with Gasteiger partial charge in [-0.05, 0) is 18.6 Å². The van der Waals surface area contributed by atoms with Crippen molar-refractivity contribution in [1.29, 1.82) is 0 Å². The van der Waals surface area contributed by atoms with Gasteiger partial charge < -0.3 is 24.8 Å². The number of hydrogen-bond acceptors (Lipinski definition) is 8. The van der Waals surface area contributed by atoms with Crippen LogP contribution in [0.5, 0.6) is 11.5 Å². The summed E-state index contributed by atoms with van der Waals surface area (Å²) in [6, 6.07) is 1.28. The van der Waals surface area contributed by atoms with Crippen LogP contribution in [0.2, 0.25) is 0 Å². The highest BCUT2D eigenvalue weighted by molar-refractivity contribution is 5.75. The fourth-order valence-corrected chi connectivity index (χ4v) is 2.87. The number of ether oxygens (including phenoxy) is 2. The van der Waals surface area contributed by atoms with Crippen molar-refractivity contribution < 1.29 is 28.2 Å². The second-order valence-corrected chi connectivity index (χ2v) is 7.12. The topological polar surface area (TPSA) is 115 Å². The molecular formula is C21H24F2N6O4. The Labute approximate surface area is 188 Å².